The van der Waals surface area contributed by atoms with E-state index in [1.807, 2.05) is 42.5 Å². The molecule has 2 aromatic carbocycles. The molecule has 98 valence electrons. The lowest BCUT2D eigenvalue weighted by Gasteiger charge is -2.00. The third-order valence-corrected chi connectivity index (χ3v) is 4.71. The number of hydrogen-bond acceptors (Lipinski definition) is 3. The van der Waals surface area contributed by atoms with Gasteiger partial charge in [0.15, 0.2) is 5.43 Å². The molecule has 4 rings (SSSR count). The minimum absolute atomic E-state index is 0.0584. The summed E-state index contributed by atoms with van der Waals surface area (Å²) in [5.41, 5.74) is 1.94. The predicted octanol–water partition coefficient (Wildman–Crippen LogP) is 3.68. The molecule has 20 heavy (non-hydrogen) atoms. The van der Waals surface area contributed by atoms with E-state index in [1.165, 1.54) is 0 Å². The van der Waals surface area contributed by atoms with E-state index in [1.54, 1.807) is 24.7 Å². The molecule has 0 unspecified atom stereocenters. The zero-order valence-electron chi connectivity index (χ0n) is 10.8. The van der Waals surface area contributed by atoms with Gasteiger partial charge in [0.2, 0.25) is 0 Å². The zero-order chi connectivity index (χ0) is 13.7. The average molecular weight is 281 g/mol. The highest BCUT2D eigenvalue weighted by Gasteiger charge is 2.12. The first kappa shape index (κ1) is 11.5. The number of pyridine rings is 1. The van der Waals surface area contributed by atoms with Gasteiger partial charge in [-0.2, -0.15) is 0 Å². The Bertz CT molecular complexity index is 1010. The molecule has 0 amide bonds. The Balaban J connectivity index is 2.33. The molecule has 2 heterocycles. The zero-order valence-corrected chi connectivity index (χ0v) is 11.6. The van der Waals surface area contributed by atoms with Gasteiger partial charge in [0, 0.05) is 16.8 Å². The van der Waals surface area contributed by atoms with Crippen molar-refractivity contribution in [1.82, 2.24) is 3.79 Å². The molecule has 0 N–H and O–H groups in total. The Labute approximate surface area is 118 Å². The molecule has 0 aliphatic heterocycles. The molecular formula is C16H11NO2S. The second-order valence-electron chi connectivity index (χ2n) is 4.63. The van der Waals surface area contributed by atoms with Gasteiger partial charge in [-0.3, -0.25) is 8.58 Å². The van der Waals surface area contributed by atoms with Crippen molar-refractivity contribution in [1.29, 1.82) is 0 Å². The second kappa shape index (κ2) is 4.08. The fourth-order valence-corrected chi connectivity index (χ4v) is 3.80. The van der Waals surface area contributed by atoms with E-state index < -0.39 is 0 Å². The van der Waals surface area contributed by atoms with Crippen LogP contribution in [0.5, 0.6) is 5.75 Å². The van der Waals surface area contributed by atoms with Gasteiger partial charge in [0.1, 0.15) is 5.75 Å². The van der Waals surface area contributed by atoms with Crippen LogP contribution in [0.4, 0.5) is 0 Å². The molecule has 0 atom stereocenters. The topological polar surface area (TPSA) is 30.7 Å². The molecule has 0 fully saturated rings. The molecule has 0 saturated carbocycles. The van der Waals surface area contributed by atoms with Gasteiger partial charge >= 0.3 is 0 Å². The monoisotopic (exact) mass is 281 g/mol. The van der Waals surface area contributed by atoms with Gasteiger partial charge in [0.25, 0.3) is 0 Å². The first-order valence-corrected chi connectivity index (χ1v) is 7.07. The van der Waals surface area contributed by atoms with Crippen molar-refractivity contribution in [2.45, 2.75) is 0 Å². The van der Waals surface area contributed by atoms with Crippen molar-refractivity contribution in [3.05, 3.63) is 58.8 Å². The number of benzene rings is 2. The average Bonchev–Trinajstić information content (AvgIpc) is 2.86. The maximum atomic E-state index is 12.2. The Morgan fingerprint density at radius 2 is 1.80 bits per heavy atom. The van der Waals surface area contributed by atoms with E-state index >= 15 is 0 Å². The second-order valence-corrected chi connectivity index (χ2v) is 5.59. The van der Waals surface area contributed by atoms with Crippen molar-refractivity contribution < 1.29 is 4.74 Å². The number of ether oxygens (including phenoxy) is 1. The van der Waals surface area contributed by atoms with Crippen molar-refractivity contribution in [3.8, 4) is 5.75 Å². The molecule has 3 nitrogen and oxygen atoms in total. The van der Waals surface area contributed by atoms with Crippen molar-refractivity contribution in [2.75, 3.05) is 7.11 Å². The van der Waals surface area contributed by atoms with Crippen LogP contribution in [0.25, 0.3) is 26.5 Å². The van der Waals surface area contributed by atoms with E-state index in [2.05, 4.69) is 3.79 Å². The van der Waals surface area contributed by atoms with E-state index in [9.17, 15) is 4.79 Å². The Hall–Kier alpha value is -2.33. The summed E-state index contributed by atoms with van der Waals surface area (Å²) >= 11 is 1.60. The summed E-state index contributed by atoms with van der Waals surface area (Å²) in [7, 11) is 1.67. The minimum atomic E-state index is 0.0584. The lowest BCUT2D eigenvalue weighted by molar-refractivity contribution is 0.420. The number of methoxy groups -OCH3 is 1. The largest absolute Gasteiger partial charge is 0.495 e. The van der Waals surface area contributed by atoms with Crippen molar-refractivity contribution >= 4 is 38.0 Å². The molecule has 4 heteroatoms. The lowest BCUT2D eigenvalue weighted by Crippen LogP contribution is -2.01. The molecule has 4 aromatic rings. The third kappa shape index (κ3) is 1.42. The normalized spacial score (nSPS) is 11.4. The molecule has 0 bridgehead atoms. The highest BCUT2D eigenvalue weighted by Crippen LogP contribution is 2.35. The third-order valence-electron chi connectivity index (χ3n) is 3.53. The Morgan fingerprint density at radius 3 is 2.65 bits per heavy atom. The highest BCUT2D eigenvalue weighted by atomic mass is 32.1. The number of para-hydroxylation sites is 1. The molecule has 0 radical (unpaired) electrons. The smallest absolute Gasteiger partial charge is 0.190 e. The number of aromatic nitrogens is 1. The summed E-state index contributed by atoms with van der Waals surface area (Å²) in [6.45, 7) is 0. The van der Waals surface area contributed by atoms with Crippen LogP contribution < -0.4 is 10.2 Å². The van der Waals surface area contributed by atoms with Crippen LogP contribution >= 0.6 is 11.5 Å². The molecule has 0 saturated heterocycles. The Morgan fingerprint density at radius 1 is 1.00 bits per heavy atom. The highest BCUT2D eigenvalue weighted by molar-refractivity contribution is 7.15. The summed E-state index contributed by atoms with van der Waals surface area (Å²) in [5, 5.41) is 1.80. The van der Waals surface area contributed by atoms with Crippen LogP contribution in [0.15, 0.2) is 53.3 Å². The predicted molar refractivity (Wildman–Crippen MR) is 83.1 cm³/mol. The summed E-state index contributed by atoms with van der Waals surface area (Å²) in [6.07, 6.45) is 0. The van der Waals surface area contributed by atoms with Crippen molar-refractivity contribution in [3.63, 3.8) is 0 Å². The van der Waals surface area contributed by atoms with E-state index in [4.69, 9.17) is 4.74 Å². The van der Waals surface area contributed by atoms with Gasteiger partial charge in [-0.15, -0.1) is 0 Å². The van der Waals surface area contributed by atoms with E-state index in [-0.39, 0.29) is 5.43 Å². The maximum absolute atomic E-state index is 12.2. The first-order chi connectivity index (χ1) is 9.79. The van der Waals surface area contributed by atoms with Crippen LogP contribution in [-0.4, -0.2) is 10.9 Å². The summed E-state index contributed by atoms with van der Waals surface area (Å²) < 4.78 is 8.58. The van der Waals surface area contributed by atoms with Crippen LogP contribution in [0.2, 0.25) is 0 Å². The number of fused-ring (bicyclic) bond motifs is 5. The van der Waals surface area contributed by atoms with E-state index in [0.717, 1.165) is 32.3 Å². The Kier molecular flexibility index (Phi) is 2.35. The fourth-order valence-electron chi connectivity index (χ4n) is 2.60. The first-order valence-electron chi connectivity index (χ1n) is 6.30. The lowest BCUT2D eigenvalue weighted by atomic mass is 10.1. The van der Waals surface area contributed by atoms with Crippen LogP contribution in [0, 0.1) is 0 Å². The molecule has 0 aliphatic rings. The van der Waals surface area contributed by atoms with Gasteiger partial charge in [-0.05, 0) is 29.7 Å². The molecular weight excluding hydrogens is 270 g/mol. The van der Waals surface area contributed by atoms with Gasteiger partial charge in [-0.1, -0.05) is 24.3 Å². The van der Waals surface area contributed by atoms with Crippen molar-refractivity contribution in [2.24, 2.45) is 0 Å². The SMILES string of the molecule is COc1cccc2c1sn1c3ccccc3c(=O)cc21. The fraction of sp³-hybridized carbons (Fsp3) is 0.0625. The summed E-state index contributed by atoms with van der Waals surface area (Å²) in [4.78, 5) is 12.2. The maximum Gasteiger partial charge on any atom is 0.190 e. The summed E-state index contributed by atoms with van der Waals surface area (Å²) in [5.74, 6) is 0.840. The van der Waals surface area contributed by atoms with Crippen LogP contribution in [-0.2, 0) is 0 Å². The van der Waals surface area contributed by atoms with E-state index in [0.29, 0.717) is 0 Å². The number of hydrogen-bond donors (Lipinski definition) is 0. The van der Waals surface area contributed by atoms with Crippen LogP contribution in [0.3, 0.4) is 0 Å². The molecule has 2 aromatic heterocycles. The van der Waals surface area contributed by atoms with Gasteiger partial charge in [-0.25, -0.2) is 0 Å². The summed E-state index contributed by atoms with van der Waals surface area (Å²) in [6, 6.07) is 15.3. The molecule has 0 aliphatic carbocycles. The van der Waals surface area contributed by atoms with Crippen LogP contribution in [0.1, 0.15) is 0 Å². The quantitative estimate of drug-likeness (QED) is 0.533. The standard InChI is InChI=1S/C16H11NO2S/c1-19-15-8-4-6-11-13-9-14(18)10-5-2-3-7-12(10)17(13)20-16(11)15/h2-9H,1H3. The minimum Gasteiger partial charge on any atom is -0.495 e. The molecule has 0 spiro atoms. The number of nitrogens with zero attached hydrogens (tertiary/aromatic N) is 1. The van der Waals surface area contributed by atoms with Gasteiger partial charge < -0.3 is 4.74 Å². The van der Waals surface area contributed by atoms with Gasteiger partial charge in [0.05, 0.1) is 22.8 Å². The number of rotatable bonds is 1.